The summed E-state index contributed by atoms with van der Waals surface area (Å²) < 4.78 is 10.0. The van der Waals surface area contributed by atoms with E-state index in [1.165, 1.54) is 18.1 Å². The van der Waals surface area contributed by atoms with Crippen LogP contribution in [0.4, 0.5) is 16.2 Å². The summed E-state index contributed by atoms with van der Waals surface area (Å²) in [5.74, 6) is -1.51. The number of ether oxygens (including phenoxy) is 2. The maximum atomic E-state index is 13.1. The SMILES string of the molecule is CCOC(=O)c1cccc(NC(=O)C[C@H]2C(=O)N(c3ccc(Cl)cc3)C(=O)N2CCOC)c1. The molecule has 0 radical (unpaired) electrons. The molecule has 1 atom stereocenters. The number of rotatable bonds is 9. The summed E-state index contributed by atoms with van der Waals surface area (Å²) in [6, 6.07) is 11.0. The maximum Gasteiger partial charge on any atom is 0.338 e. The fraction of sp³-hybridized carbons (Fsp3) is 0.304. The molecule has 0 spiro atoms. The highest BCUT2D eigenvalue weighted by atomic mass is 35.5. The lowest BCUT2D eigenvalue weighted by Gasteiger charge is -2.21. The van der Waals surface area contributed by atoms with E-state index in [2.05, 4.69) is 5.32 Å². The van der Waals surface area contributed by atoms with Gasteiger partial charge in [0.2, 0.25) is 5.91 Å². The van der Waals surface area contributed by atoms with Crippen molar-refractivity contribution in [1.82, 2.24) is 4.90 Å². The van der Waals surface area contributed by atoms with Gasteiger partial charge in [-0.3, -0.25) is 9.59 Å². The van der Waals surface area contributed by atoms with Gasteiger partial charge in [0.1, 0.15) is 6.04 Å². The number of carbonyl (C=O) groups is 4. The zero-order chi connectivity index (χ0) is 24.0. The number of benzene rings is 2. The largest absolute Gasteiger partial charge is 0.462 e. The second kappa shape index (κ2) is 10.9. The summed E-state index contributed by atoms with van der Waals surface area (Å²) in [4.78, 5) is 53.1. The molecule has 0 aliphatic carbocycles. The molecule has 10 heteroatoms. The Morgan fingerprint density at radius 2 is 1.85 bits per heavy atom. The van der Waals surface area contributed by atoms with E-state index in [4.69, 9.17) is 21.1 Å². The van der Waals surface area contributed by atoms with Gasteiger partial charge in [-0.2, -0.15) is 0 Å². The predicted molar refractivity (Wildman–Crippen MR) is 122 cm³/mol. The molecular weight excluding hydrogens is 450 g/mol. The number of carbonyl (C=O) groups excluding carboxylic acids is 4. The van der Waals surface area contributed by atoms with E-state index >= 15 is 0 Å². The number of hydrogen-bond donors (Lipinski definition) is 1. The fourth-order valence-corrected chi connectivity index (χ4v) is 3.56. The van der Waals surface area contributed by atoms with Crippen molar-refractivity contribution in [3.05, 3.63) is 59.1 Å². The quantitative estimate of drug-likeness (QED) is 0.442. The molecule has 0 bridgehead atoms. The third-order valence-electron chi connectivity index (χ3n) is 4.98. The first-order valence-electron chi connectivity index (χ1n) is 10.3. The first kappa shape index (κ1) is 24.2. The molecule has 1 fully saturated rings. The number of methoxy groups -OCH3 is 1. The van der Waals surface area contributed by atoms with E-state index in [0.717, 1.165) is 4.90 Å². The molecule has 1 N–H and O–H groups in total. The zero-order valence-electron chi connectivity index (χ0n) is 18.2. The molecule has 1 aliphatic heterocycles. The van der Waals surface area contributed by atoms with E-state index in [0.29, 0.717) is 16.4 Å². The highest BCUT2D eigenvalue weighted by Crippen LogP contribution is 2.28. The van der Waals surface area contributed by atoms with Gasteiger partial charge < -0.3 is 19.7 Å². The van der Waals surface area contributed by atoms with Crippen LogP contribution in [0.3, 0.4) is 0 Å². The highest BCUT2D eigenvalue weighted by molar-refractivity contribution is 6.30. The van der Waals surface area contributed by atoms with Crippen LogP contribution in [-0.4, -0.2) is 61.6 Å². The summed E-state index contributed by atoms with van der Waals surface area (Å²) >= 11 is 5.91. The van der Waals surface area contributed by atoms with Crippen molar-refractivity contribution in [2.45, 2.75) is 19.4 Å². The van der Waals surface area contributed by atoms with Crippen LogP contribution < -0.4 is 10.2 Å². The second-order valence-corrected chi connectivity index (χ2v) is 7.62. The number of nitrogens with one attached hydrogen (secondary N) is 1. The number of imide groups is 1. The van der Waals surface area contributed by atoms with Crippen molar-refractivity contribution in [2.75, 3.05) is 37.1 Å². The van der Waals surface area contributed by atoms with Crippen LogP contribution in [0.25, 0.3) is 0 Å². The van der Waals surface area contributed by atoms with E-state index in [-0.39, 0.29) is 31.7 Å². The monoisotopic (exact) mass is 473 g/mol. The Morgan fingerprint density at radius 1 is 1.12 bits per heavy atom. The smallest absolute Gasteiger partial charge is 0.338 e. The van der Waals surface area contributed by atoms with Crippen LogP contribution >= 0.6 is 11.6 Å². The van der Waals surface area contributed by atoms with Crippen molar-refractivity contribution in [1.29, 1.82) is 0 Å². The normalized spacial score (nSPS) is 15.7. The number of amides is 4. The molecule has 0 aromatic heterocycles. The van der Waals surface area contributed by atoms with Crippen molar-refractivity contribution in [2.24, 2.45) is 0 Å². The zero-order valence-corrected chi connectivity index (χ0v) is 19.0. The predicted octanol–water partition coefficient (Wildman–Crippen LogP) is 3.33. The Bertz CT molecular complexity index is 1040. The Kier molecular flexibility index (Phi) is 8.02. The molecule has 2 aromatic rings. The summed E-state index contributed by atoms with van der Waals surface area (Å²) in [6.45, 7) is 2.27. The number of esters is 1. The average Bonchev–Trinajstić information content (AvgIpc) is 3.02. The van der Waals surface area contributed by atoms with Gasteiger partial charge in [-0.05, 0) is 49.4 Å². The van der Waals surface area contributed by atoms with E-state index in [1.54, 1.807) is 49.4 Å². The molecule has 3 rings (SSSR count). The Hall–Kier alpha value is -3.43. The number of urea groups is 1. The molecule has 4 amide bonds. The van der Waals surface area contributed by atoms with Crippen molar-refractivity contribution in [3.63, 3.8) is 0 Å². The van der Waals surface area contributed by atoms with Gasteiger partial charge in [-0.1, -0.05) is 17.7 Å². The Labute approximate surface area is 196 Å². The molecule has 174 valence electrons. The molecule has 9 nitrogen and oxygen atoms in total. The van der Waals surface area contributed by atoms with E-state index in [9.17, 15) is 19.2 Å². The number of hydrogen-bond acceptors (Lipinski definition) is 6. The van der Waals surface area contributed by atoms with Gasteiger partial charge in [0.25, 0.3) is 5.91 Å². The molecule has 1 saturated heterocycles. The first-order valence-corrected chi connectivity index (χ1v) is 10.7. The van der Waals surface area contributed by atoms with Gasteiger partial charge in [0.15, 0.2) is 0 Å². The lowest BCUT2D eigenvalue weighted by Crippen LogP contribution is -2.39. The average molecular weight is 474 g/mol. The van der Waals surface area contributed by atoms with Crippen LogP contribution in [0.2, 0.25) is 5.02 Å². The molecule has 0 saturated carbocycles. The highest BCUT2D eigenvalue weighted by Gasteiger charge is 2.46. The molecule has 1 heterocycles. The van der Waals surface area contributed by atoms with Gasteiger partial charge in [-0.15, -0.1) is 0 Å². The fourth-order valence-electron chi connectivity index (χ4n) is 3.43. The third-order valence-corrected chi connectivity index (χ3v) is 5.23. The Morgan fingerprint density at radius 3 is 2.52 bits per heavy atom. The second-order valence-electron chi connectivity index (χ2n) is 7.19. The minimum atomic E-state index is -1.00. The molecule has 2 aromatic carbocycles. The standard InChI is InChI=1S/C23H24ClN3O6/c1-3-33-22(30)15-5-4-6-17(13-15)25-20(28)14-19-21(29)27(18-9-7-16(24)8-10-18)23(31)26(19)11-12-32-2/h4-10,13,19H,3,11-12,14H2,1-2H3,(H,25,28)/t19-/m0/s1. The van der Waals surface area contributed by atoms with Crippen LogP contribution in [-0.2, 0) is 19.1 Å². The summed E-state index contributed by atoms with van der Waals surface area (Å²) in [5, 5.41) is 3.14. The van der Waals surface area contributed by atoms with Crippen molar-refractivity contribution < 1.29 is 28.7 Å². The first-order chi connectivity index (χ1) is 15.8. The summed E-state index contributed by atoms with van der Waals surface area (Å²) in [5.41, 5.74) is 1.03. The number of nitrogens with zero attached hydrogens (tertiary/aromatic N) is 2. The minimum absolute atomic E-state index is 0.140. The van der Waals surface area contributed by atoms with Crippen molar-refractivity contribution in [3.8, 4) is 0 Å². The van der Waals surface area contributed by atoms with Gasteiger partial charge in [0.05, 0.1) is 30.9 Å². The Balaban J connectivity index is 1.77. The van der Waals surface area contributed by atoms with Crippen LogP contribution in [0.15, 0.2) is 48.5 Å². The minimum Gasteiger partial charge on any atom is -0.462 e. The molecule has 1 aliphatic rings. The van der Waals surface area contributed by atoms with Crippen LogP contribution in [0.1, 0.15) is 23.7 Å². The van der Waals surface area contributed by atoms with Gasteiger partial charge in [-0.25, -0.2) is 14.5 Å². The maximum absolute atomic E-state index is 13.1. The topological polar surface area (TPSA) is 105 Å². The molecular formula is C23H24ClN3O6. The molecule has 0 unspecified atom stereocenters. The molecule has 33 heavy (non-hydrogen) atoms. The van der Waals surface area contributed by atoms with Crippen LogP contribution in [0.5, 0.6) is 0 Å². The van der Waals surface area contributed by atoms with E-state index < -0.39 is 29.9 Å². The number of halogens is 1. The summed E-state index contributed by atoms with van der Waals surface area (Å²) in [6.07, 6.45) is -0.262. The third kappa shape index (κ3) is 5.68. The van der Waals surface area contributed by atoms with Crippen molar-refractivity contribution >= 4 is 46.8 Å². The van der Waals surface area contributed by atoms with Gasteiger partial charge in [0, 0.05) is 24.4 Å². The lowest BCUT2D eigenvalue weighted by molar-refractivity contribution is -0.124. The summed E-state index contributed by atoms with van der Waals surface area (Å²) in [7, 11) is 1.48. The lowest BCUT2D eigenvalue weighted by atomic mass is 10.1. The van der Waals surface area contributed by atoms with Gasteiger partial charge >= 0.3 is 12.0 Å². The van der Waals surface area contributed by atoms with Crippen LogP contribution in [0, 0.1) is 0 Å². The van der Waals surface area contributed by atoms with E-state index in [1.807, 2.05) is 0 Å². The number of anilines is 2.